The molecule has 1 heterocycles. The second-order valence-corrected chi connectivity index (χ2v) is 8.06. The fraction of sp³-hybridized carbons (Fsp3) is 0.0769. The van der Waals surface area contributed by atoms with Crippen LogP contribution in [0.1, 0.15) is 34.5 Å². The molecular weight excluding hydrogens is 490 g/mol. The first kappa shape index (κ1) is 26.5. The van der Waals surface area contributed by atoms with Crippen LogP contribution in [0.15, 0.2) is 106 Å². The van der Waals surface area contributed by atoms with Crippen molar-refractivity contribution < 1.29 is 25.7 Å². The number of hydrogen-bond donors (Lipinski definition) is 5. The lowest BCUT2D eigenvalue weighted by Gasteiger charge is -2.26. The van der Waals surface area contributed by atoms with E-state index in [-0.39, 0.29) is 22.9 Å². The van der Waals surface area contributed by atoms with E-state index in [0.29, 0.717) is 5.71 Å². The average Bonchev–Trinajstić information content (AvgIpc) is 2.95. The number of benzene rings is 3. The van der Waals surface area contributed by atoms with E-state index in [1.165, 1.54) is 6.21 Å². The van der Waals surface area contributed by atoms with Gasteiger partial charge in [-0.2, -0.15) is 25.7 Å². The van der Waals surface area contributed by atoms with Crippen LogP contribution in [-0.4, -0.2) is 39.2 Å². The van der Waals surface area contributed by atoms with Gasteiger partial charge in [0, 0.05) is 23.9 Å². The highest BCUT2D eigenvalue weighted by atomic mass is 16.8. The molecule has 3 atom stereocenters. The zero-order valence-corrected chi connectivity index (χ0v) is 20.2. The molecule has 0 bridgehead atoms. The highest BCUT2D eigenvalue weighted by molar-refractivity contribution is 6.11. The molecule has 12 heteroatoms. The summed E-state index contributed by atoms with van der Waals surface area (Å²) in [6.07, 6.45) is 4.65. The van der Waals surface area contributed by atoms with Crippen molar-refractivity contribution in [3.05, 3.63) is 118 Å². The number of hydrogen-bond acceptors (Lipinski definition) is 9. The van der Waals surface area contributed by atoms with E-state index in [4.69, 9.17) is 4.99 Å². The molecule has 1 aliphatic rings. The summed E-state index contributed by atoms with van der Waals surface area (Å²) in [5.41, 5.74) is 4.16. The highest BCUT2D eigenvalue weighted by Gasteiger charge is 2.30. The number of guanidine groups is 1. The van der Waals surface area contributed by atoms with Gasteiger partial charge in [0.05, 0.1) is 17.3 Å². The van der Waals surface area contributed by atoms with Gasteiger partial charge in [0.2, 0.25) is 5.96 Å². The number of amides is 1. The van der Waals surface area contributed by atoms with E-state index in [1.54, 1.807) is 19.1 Å². The minimum Gasteiger partial charge on any atom is -0.595 e. The summed E-state index contributed by atoms with van der Waals surface area (Å²) in [6, 6.07) is 21.4. The lowest BCUT2D eigenvalue weighted by atomic mass is 9.97. The second kappa shape index (κ2) is 12.1. The minimum absolute atomic E-state index is 0.0260. The molecule has 194 valence electrons. The van der Waals surface area contributed by atoms with E-state index in [0.717, 1.165) is 34.3 Å². The highest BCUT2D eigenvalue weighted by Crippen LogP contribution is 2.26. The molecule has 0 saturated heterocycles. The third-order valence-electron chi connectivity index (χ3n) is 5.50. The predicted molar refractivity (Wildman–Crippen MR) is 140 cm³/mol. The largest absolute Gasteiger partial charge is 0.595 e. The maximum atomic E-state index is 13.6. The van der Waals surface area contributed by atoms with Crippen LogP contribution in [0.2, 0.25) is 0 Å². The molecule has 0 radical (unpaired) electrons. The molecule has 5 N–H and O–H groups in total. The number of hydrazone groups is 2. The Labute approximate surface area is 217 Å². The Morgan fingerprint density at radius 1 is 1.00 bits per heavy atom. The van der Waals surface area contributed by atoms with Gasteiger partial charge in [-0.1, -0.05) is 66.7 Å². The van der Waals surface area contributed by atoms with Crippen LogP contribution in [0.4, 0.5) is 11.4 Å². The number of carbonyl (C=O) groups excluding carboxylic acids is 1. The van der Waals surface area contributed by atoms with Crippen LogP contribution in [0.25, 0.3) is 0 Å². The van der Waals surface area contributed by atoms with Crippen molar-refractivity contribution in [2.24, 2.45) is 15.2 Å². The standard InChI is InChI=1S/C26H25N7O5/c1-2-3-14-27-31(25(34)20-15-21(32(35)36)17-22(16-20)33(37)38)26-28-23(18-10-6-4-7-11-18)24(29-30-26)19-12-8-5-9-13-19/h2-17,23,32-33,35,37H,1H3,(H,28,30)/b3-2+,27-14+. The molecule has 3 unspecified atom stereocenters. The van der Waals surface area contributed by atoms with Gasteiger partial charge >= 0.3 is 0 Å². The molecule has 0 saturated carbocycles. The molecule has 0 spiro atoms. The summed E-state index contributed by atoms with van der Waals surface area (Å²) in [5, 5.41) is 49.0. The van der Waals surface area contributed by atoms with Gasteiger partial charge in [0.1, 0.15) is 6.04 Å². The van der Waals surface area contributed by atoms with E-state index in [2.05, 4.69) is 15.6 Å². The summed E-state index contributed by atoms with van der Waals surface area (Å²) in [4.78, 5) is 18.4. The topological polar surface area (TPSA) is 165 Å². The molecule has 0 aromatic heterocycles. The Morgan fingerprint density at radius 2 is 1.61 bits per heavy atom. The first-order chi connectivity index (χ1) is 18.4. The minimum atomic E-state index is -1.37. The number of nitrogens with one attached hydrogen (secondary N) is 3. The van der Waals surface area contributed by atoms with E-state index < -0.39 is 22.4 Å². The van der Waals surface area contributed by atoms with Crippen LogP contribution in [0, 0.1) is 10.4 Å². The molecule has 0 fully saturated rings. The van der Waals surface area contributed by atoms with Crippen LogP contribution < -0.4 is 15.9 Å². The Morgan fingerprint density at radius 3 is 2.18 bits per heavy atom. The molecule has 4 rings (SSSR count). The third-order valence-corrected chi connectivity index (χ3v) is 5.50. The Bertz CT molecular complexity index is 1360. The van der Waals surface area contributed by atoms with Gasteiger partial charge in [-0.3, -0.25) is 4.79 Å². The van der Waals surface area contributed by atoms with Crippen molar-refractivity contribution in [3.8, 4) is 0 Å². The van der Waals surface area contributed by atoms with Crippen molar-refractivity contribution in [2.45, 2.75) is 13.0 Å². The fourth-order valence-corrected chi connectivity index (χ4v) is 3.70. The monoisotopic (exact) mass is 515 g/mol. The van der Waals surface area contributed by atoms with Gasteiger partial charge in [-0.25, -0.2) is 20.8 Å². The van der Waals surface area contributed by atoms with Crippen molar-refractivity contribution in [1.82, 2.24) is 10.4 Å². The van der Waals surface area contributed by atoms with Crippen molar-refractivity contribution in [3.63, 3.8) is 0 Å². The second-order valence-electron chi connectivity index (χ2n) is 8.06. The summed E-state index contributed by atoms with van der Waals surface area (Å²) in [5.74, 6) is -0.824. The zero-order chi connectivity index (χ0) is 27.1. The molecular formula is C26H25N7O5. The van der Waals surface area contributed by atoms with Crippen LogP contribution in [0.3, 0.4) is 0 Å². The first-order valence-corrected chi connectivity index (χ1v) is 11.5. The molecule has 12 nitrogen and oxygen atoms in total. The number of nitrogens with zero attached hydrogens (tertiary/aromatic N) is 4. The smallest absolute Gasteiger partial charge is 0.281 e. The first-order valence-electron chi connectivity index (χ1n) is 11.5. The molecule has 0 aliphatic carbocycles. The normalized spacial score (nSPS) is 17.0. The van der Waals surface area contributed by atoms with Gasteiger partial charge in [-0.05, 0) is 18.6 Å². The third kappa shape index (κ3) is 6.04. The maximum absolute atomic E-state index is 13.6. The zero-order valence-electron chi connectivity index (χ0n) is 20.2. The van der Waals surface area contributed by atoms with Gasteiger partial charge in [0.25, 0.3) is 5.91 Å². The number of carbonyl (C=O) groups is 1. The number of quaternary nitrogens is 2. The molecule has 3 aromatic rings. The molecule has 3 aromatic carbocycles. The SMILES string of the molecule is C/C=C/C=N/N(C(=O)c1cc([NH+]([O-])O)cc([NH+]([O-])O)c1)C1=NC(c2ccccc2)C(c2ccccc2)=NN1. The lowest BCUT2D eigenvalue weighted by Crippen LogP contribution is -3.00. The average molecular weight is 516 g/mol. The van der Waals surface area contributed by atoms with Crippen molar-refractivity contribution in [2.75, 3.05) is 0 Å². The van der Waals surface area contributed by atoms with Crippen LogP contribution >= 0.6 is 0 Å². The van der Waals surface area contributed by atoms with Crippen LogP contribution in [-0.2, 0) is 0 Å². The van der Waals surface area contributed by atoms with Crippen molar-refractivity contribution >= 4 is 35.2 Å². The molecule has 38 heavy (non-hydrogen) atoms. The van der Waals surface area contributed by atoms with Crippen molar-refractivity contribution in [1.29, 1.82) is 0 Å². The fourth-order valence-electron chi connectivity index (χ4n) is 3.70. The summed E-state index contributed by atoms with van der Waals surface area (Å²) in [6.45, 7) is 1.77. The Kier molecular flexibility index (Phi) is 8.45. The predicted octanol–water partition coefficient (Wildman–Crippen LogP) is 1.60. The van der Waals surface area contributed by atoms with Crippen LogP contribution in [0.5, 0.6) is 0 Å². The Hall–Kier alpha value is -4.56. The van der Waals surface area contributed by atoms with Gasteiger partial charge in [-0.15, -0.1) is 0 Å². The summed E-state index contributed by atoms with van der Waals surface area (Å²) >= 11 is 0. The van der Waals surface area contributed by atoms with Gasteiger partial charge < -0.3 is 10.4 Å². The summed E-state index contributed by atoms with van der Waals surface area (Å²) < 4.78 is 0. The van der Waals surface area contributed by atoms with Gasteiger partial charge in [0.15, 0.2) is 11.4 Å². The molecule has 1 amide bonds. The number of allylic oxidation sites excluding steroid dienone is 2. The maximum Gasteiger partial charge on any atom is 0.281 e. The van der Waals surface area contributed by atoms with E-state index in [1.807, 2.05) is 60.7 Å². The molecule has 1 aliphatic heterocycles. The lowest BCUT2D eigenvalue weighted by molar-refractivity contribution is -0.996. The van der Waals surface area contributed by atoms with E-state index in [9.17, 15) is 25.6 Å². The Balaban J connectivity index is 1.80. The van der Waals surface area contributed by atoms with E-state index >= 15 is 0 Å². The number of aliphatic imine (C=N–C) groups is 1. The quantitative estimate of drug-likeness (QED) is 0.237. The summed E-state index contributed by atoms with van der Waals surface area (Å²) in [7, 11) is 0. The number of rotatable bonds is 7.